The monoisotopic (exact) mass is 304 g/mol. The molecule has 0 aliphatic heterocycles. The van der Waals surface area contributed by atoms with E-state index in [1.807, 2.05) is 27.7 Å². The highest BCUT2D eigenvalue weighted by atomic mass is 19.4. The summed E-state index contributed by atoms with van der Waals surface area (Å²) in [5, 5.41) is 9.66. The zero-order valence-corrected chi connectivity index (χ0v) is 12.9. The highest BCUT2D eigenvalue weighted by molar-refractivity contribution is 5.39. The van der Waals surface area contributed by atoms with E-state index < -0.39 is 12.5 Å². The number of ether oxygens (including phenoxy) is 1. The van der Waals surface area contributed by atoms with Gasteiger partial charge in [-0.1, -0.05) is 33.8 Å². The molecule has 0 saturated carbocycles. The fourth-order valence-electron chi connectivity index (χ4n) is 2.23. The highest BCUT2D eigenvalue weighted by Crippen LogP contribution is 2.32. The van der Waals surface area contributed by atoms with Crippen LogP contribution < -0.4 is 4.74 Å². The quantitative estimate of drug-likeness (QED) is 0.862. The number of aliphatic hydroxyl groups is 1. The van der Waals surface area contributed by atoms with Gasteiger partial charge in [0.2, 0.25) is 0 Å². The highest BCUT2D eigenvalue weighted by Gasteiger charge is 2.31. The Kier molecular flexibility index (Phi) is 5.68. The van der Waals surface area contributed by atoms with Crippen molar-refractivity contribution in [3.05, 3.63) is 29.3 Å². The Labute approximate surface area is 123 Å². The van der Waals surface area contributed by atoms with Crippen molar-refractivity contribution in [2.24, 2.45) is 0 Å². The summed E-state index contributed by atoms with van der Waals surface area (Å²) in [6.45, 7) is 7.89. The van der Waals surface area contributed by atoms with E-state index in [4.69, 9.17) is 0 Å². The van der Waals surface area contributed by atoms with Crippen LogP contribution in [0.1, 0.15) is 51.7 Å². The lowest BCUT2D eigenvalue weighted by molar-refractivity contribution is -0.274. The lowest BCUT2D eigenvalue weighted by Gasteiger charge is -2.24. The van der Waals surface area contributed by atoms with Crippen LogP contribution in [0.25, 0.3) is 0 Å². The van der Waals surface area contributed by atoms with Gasteiger partial charge in [-0.25, -0.2) is 0 Å². The number of alkyl halides is 3. The molecular formula is C16H23F3O2. The van der Waals surface area contributed by atoms with Crippen molar-refractivity contribution in [3.63, 3.8) is 0 Å². The molecule has 1 aromatic carbocycles. The Morgan fingerprint density at radius 1 is 1.19 bits per heavy atom. The molecule has 0 aliphatic rings. The standard InChI is InChI=1S/C16H23F3O2/c1-5-12(20)7-6-11-10-13(21-16(17,18)19)8-9-14(11)15(2,3)4/h8-10,12,20H,5-7H2,1-4H3. The van der Waals surface area contributed by atoms with Gasteiger partial charge in [-0.05, 0) is 47.9 Å². The predicted octanol–water partition coefficient (Wildman–Crippen LogP) is 4.59. The fourth-order valence-corrected chi connectivity index (χ4v) is 2.23. The van der Waals surface area contributed by atoms with Crippen molar-refractivity contribution < 1.29 is 23.0 Å². The Morgan fingerprint density at radius 2 is 1.81 bits per heavy atom. The normalized spacial score (nSPS) is 14.1. The number of benzene rings is 1. The summed E-state index contributed by atoms with van der Waals surface area (Å²) in [6.07, 6.45) is -3.45. The van der Waals surface area contributed by atoms with Gasteiger partial charge in [0.05, 0.1) is 6.10 Å². The predicted molar refractivity (Wildman–Crippen MR) is 76.4 cm³/mol. The molecule has 120 valence electrons. The SMILES string of the molecule is CCC(O)CCc1cc(OC(F)(F)F)ccc1C(C)(C)C. The third-order valence-corrected chi connectivity index (χ3v) is 3.34. The van der Waals surface area contributed by atoms with E-state index in [0.717, 1.165) is 11.1 Å². The number of hydrogen-bond donors (Lipinski definition) is 1. The zero-order valence-electron chi connectivity index (χ0n) is 12.9. The number of aliphatic hydroxyl groups excluding tert-OH is 1. The minimum Gasteiger partial charge on any atom is -0.406 e. The summed E-state index contributed by atoms with van der Waals surface area (Å²) >= 11 is 0. The van der Waals surface area contributed by atoms with E-state index in [9.17, 15) is 18.3 Å². The summed E-state index contributed by atoms with van der Waals surface area (Å²) in [6, 6.07) is 4.44. The van der Waals surface area contributed by atoms with E-state index in [1.165, 1.54) is 12.1 Å². The first kappa shape index (κ1) is 17.8. The van der Waals surface area contributed by atoms with Crippen molar-refractivity contribution in [1.82, 2.24) is 0 Å². The zero-order chi connectivity index (χ0) is 16.3. The average molecular weight is 304 g/mol. The Balaban J connectivity index is 3.05. The third-order valence-electron chi connectivity index (χ3n) is 3.34. The van der Waals surface area contributed by atoms with Crippen LogP contribution in [0.4, 0.5) is 13.2 Å². The molecule has 5 heteroatoms. The summed E-state index contributed by atoms with van der Waals surface area (Å²) in [4.78, 5) is 0. The van der Waals surface area contributed by atoms with E-state index in [0.29, 0.717) is 19.3 Å². The Bertz CT molecular complexity index is 462. The van der Waals surface area contributed by atoms with E-state index in [-0.39, 0.29) is 11.2 Å². The molecule has 0 aromatic heterocycles. The maximum atomic E-state index is 12.3. The van der Waals surface area contributed by atoms with Gasteiger partial charge in [0.1, 0.15) is 5.75 Å². The first-order valence-corrected chi connectivity index (χ1v) is 7.10. The second-order valence-corrected chi connectivity index (χ2v) is 6.22. The third kappa shape index (κ3) is 5.96. The molecule has 21 heavy (non-hydrogen) atoms. The molecule has 0 saturated heterocycles. The lowest BCUT2D eigenvalue weighted by atomic mass is 9.82. The number of aryl methyl sites for hydroxylation is 1. The fraction of sp³-hybridized carbons (Fsp3) is 0.625. The molecule has 1 rings (SSSR count). The van der Waals surface area contributed by atoms with Gasteiger partial charge >= 0.3 is 6.36 Å². The van der Waals surface area contributed by atoms with Crippen LogP contribution >= 0.6 is 0 Å². The number of rotatable bonds is 5. The molecule has 0 fully saturated rings. The van der Waals surface area contributed by atoms with Gasteiger partial charge in [-0.2, -0.15) is 0 Å². The molecule has 0 radical (unpaired) electrons. The van der Waals surface area contributed by atoms with Crippen molar-refractivity contribution in [3.8, 4) is 5.75 Å². The van der Waals surface area contributed by atoms with E-state index >= 15 is 0 Å². The van der Waals surface area contributed by atoms with Gasteiger partial charge in [0.15, 0.2) is 0 Å². The molecule has 0 aliphatic carbocycles. The number of halogens is 3. The molecule has 2 nitrogen and oxygen atoms in total. The van der Waals surface area contributed by atoms with Crippen LogP contribution in [-0.2, 0) is 11.8 Å². The van der Waals surface area contributed by atoms with Crippen LogP contribution in [0.2, 0.25) is 0 Å². The largest absolute Gasteiger partial charge is 0.573 e. The van der Waals surface area contributed by atoms with Crippen LogP contribution in [0.5, 0.6) is 5.75 Å². The molecule has 0 bridgehead atoms. The lowest BCUT2D eigenvalue weighted by Crippen LogP contribution is -2.19. The van der Waals surface area contributed by atoms with Crippen molar-refractivity contribution >= 4 is 0 Å². The minimum atomic E-state index is -4.69. The van der Waals surface area contributed by atoms with Gasteiger partial charge in [0, 0.05) is 0 Å². The maximum Gasteiger partial charge on any atom is 0.573 e. The van der Waals surface area contributed by atoms with Crippen molar-refractivity contribution in [2.75, 3.05) is 0 Å². The second kappa shape index (κ2) is 6.69. The van der Waals surface area contributed by atoms with Crippen molar-refractivity contribution in [1.29, 1.82) is 0 Å². The molecule has 1 atom stereocenters. The smallest absolute Gasteiger partial charge is 0.406 e. The second-order valence-electron chi connectivity index (χ2n) is 6.22. The molecule has 0 spiro atoms. The summed E-state index contributed by atoms with van der Waals surface area (Å²) in [5.74, 6) is -0.212. The maximum absolute atomic E-state index is 12.3. The minimum absolute atomic E-state index is 0.177. The van der Waals surface area contributed by atoms with Gasteiger partial charge in [0.25, 0.3) is 0 Å². The van der Waals surface area contributed by atoms with Crippen LogP contribution in [0, 0.1) is 0 Å². The van der Waals surface area contributed by atoms with Gasteiger partial charge in [-0.3, -0.25) is 0 Å². The van der Waals surface area contributed by atoms with Crippen molar-refractivity contribution in [2.45, 2.75) is 64.8 Å². The summed E-state index contributed by atoms with van der Waals surface area (Å²) < 4.78 is 40.9. The van der Waals surface area contributed by atoms with E-state index in [1.54, 1.807) is 6.07 Å². The first-order valence-electron chi connectivity index (χ1n) is 7.10. The number of hydrogen-bond acceptors (Lipinski definition) is 2. The molecular weight excluding hydrogens is 281 g/mol. The topological polar surface area (TPSA) is 29.5 Å². The van der Waals surface area contributed by atoms with Gasteiger partial charge < -0.3 is 9.84 Å². The molecule has 0 heterocycles. The Morgan fingerprint density at radius 3 is 2.29 bits per heavy atom. The van der Waals surface area contributed by atoms with E-state index in [2.05, 4.69) is 4.74 Å². The summed E-state index contributed by atoms with van der Waals surface area (Å²) in [7, 11) is 0. The summed E-state index contributed by atoms with van der Waals surface area (Å²) in [5.41, 5.74) is 1.58. The average Bonchev–Trinajstić information content (AvgIpc) is 2.32. The molecule has 1 N–H and O–H groups in total. The van der Waals surface area contributed by atoms with Crippen LogP contribution in [0.3, 0.4) is 0 Å². The molecule has 0 amide bonds. The van der Waals surface area contributed by atoms with Crippen LogP contribution in [0.15, 0.2) is 18.2 Å². The molecule has 1 aromatic rings. The first-order chi connectivity index (χ1) is 9.53. The Hall–Kier alpha value is -1.23. The van der Waals surface area contributed by atoms with Gasteiger partial charge in [-0.15, -0.1) is 13.2 Å². The molecule has 1 unspecified atom stereocenters. The van der Waals surface area contributed by atoms with Crippen LogP contribution in [-0.4, -0.2) is 17.6 Å².